The molecule has 1 aromatic rings. The normalized spacial score (nSPS) is 10.8. The molecule has 0 amide bonds. The zero-order valence-electron chi connectivity index (χ0n) is 7.69. The molecule has 76 valence electrons. The highest BCUT2D eigenvalue weighted by Gasteiger charge is 2.01. The molecule has 1 aromatic heterocycles. The lowest BCUT2D eigenvalue weighted by Crippen LogP contribution is -2.10. The number of rotatable bonds is 2. The molecular weight excluding hydrogens is 240 g/mol. The predicted octanol–water partition coefficient (Wildman–Crippen LogP) is 1.64. The molecule has 0 bridgehead atoms. The Bertz CT molecular complexity index is 361. The van der Waals surface area contributed by atoms with E-state index in [0.29, 0.717) is 15.0 Å². The second-order valence-electron chi connectivity index (χ2n) is 2.40. The largest absolute Gasteiger partial charge is 0.274 e. The quantitative estimate of drug-likeness (QED) is 0.491. The Morgan fingerprint density at radius 2 is 2.57 bits per heavy atom. The van der Waals surface area contributed by atoms with E-state index in [2.05, 4.69) is 15.6 Å². The van der Waals surface area contributed by atoms with Crippen LogP contribution >= 0.6 is 35.6 Å². The van der Waals surface area contributed by atoms with Crippen molar-refractivity contribution in [1.82, 2.24) is 15.2 Å². The third-order valence-corrected chi connectivity index (χ3v) is 2.68. The lowest BCUT2D eigenvalue weighted by Gasteiger charge is -1.95. The molecule has 0 saturated heterocycles. The van der Waals surface area contributed by atoms with Crippen LogP contribution in [0.3, 0.4) is 0 Å². The zero-order valence-corrected chi connectivity index (χ0v) is 10.1. The van der Waals surface area contributed by atoms with Crippen LogP contribution in [0.2, 0.25) is 5.02 Å². The summed E-state index contributed by atoms with van der Waals surface area (Å²) in [7, 11) is 1.79. The average Bonchev–Trinajstić information content (AvgIpc) is 2.45. The van der Waals surface area contributed by atoms with Gasteiger partial charge in [0.1, 0.15) is 5.69 Å². The fourth-order valence-corrected chi connectivity index (χ4v) is 1.18. The van der Waals surface area contributed by atoms with Crippen molar-refractivity contribution in [1.29, 1.82) is 0 Å². The van der Waals surface area contributed by atoms with Crippen molar-refractivity contribution >= 4 is 46.1 Å². The summed E-state index contributed by atoms with van der Waals surface area (Å²) < 4.78 is 2.23. The van der Waals surface area contributed by atoms with Gasteiger partial charge in [0.15, 0.2) is 4.32 Å². The minimum Gasteiger partial charge on any atom is -0.274 e. The number of hydrogen-bond acceptors (Lipinski definition) is 4. The Labute approximate surface area is 96.7 Å². The van der Waals surface area contributed by atoms with E-state index in [1.807, 2.05) is 6.26 Å². The number of halogens is 1. The van der Waals surface area contributed by atoms with Gasteiger partial charge < -0.3 is 0 Å². The second kappa shape index (κ2) is 5.33. The molecule has 14 heavy (non-hydrogen) atoms. The highest BCUT2D eigenvalue weighted by molar-refractivity contribution is 8.22. The summed E-state index contributed by atoms with van der Waals surface area (Å²) >= 11 is 12.2. The fourth-order valence-electron chi connectivity index (χ4n) is 0.756. The smallest absolute Gasteiger partial charge is 0.153 e. The number of hydrazone groups is 1. The monoisotopic (exact) mass is 248 g/mol. The maximum atomic E-state index is 5.85. The first-order chi connectivity index (χ1) is 6.63. The van der Waals surface area contributed by atoms with Gasteiger partial charge in [-0.15, -0.1) is 0 Å². The molecule has 0 fully saturated rings. The molecule has 0 unspecified atom stereocenters. The SMILES string of the molecule is CSC(=S)N/N=C/c1nn(C)cc1Cl. The van der Waals surface area contributed by atoms with E-state index in [-0.39, 0.29) is 0 Å². The fraction of sp³-hybridized carbons (Fsp3) is 0.286. The summed E-state index contributed by atoms with van der Waals surface area (Å²) in [5.41, 5.74) is 3.29. The van der Waals surface area contributed by atoms with E-state index >= 15 is 0 Å². The van der Waals surface area contributed by atoms with Gasteiger partial charge in [-0.25, -0.2) is 0 Å². The molecule has 0 saturated carbocycles. The van der Waals surface area contributed by atoms with E-state index in [9.17, 15) is 0 Å². The van der Waals surface area contributed by atoms with Crippen molar-refractivity contribution < 1.29 is 0 Å². The zero-order chi connectivity index (χ0) is 10.6. The van der Waals surface area contributed by atoms with Crippen LogP contribution in [0, 0.1) is 0 Å². The second-order valence-corrected chi connectivity index (χ2v) is 4.29. The van der Waals surface area contributed by atoms with Crippen LogP contribution in [-0.4, -0.2) is 26.6 Å². The van der Waals surface area contributed by atoms with Crippen LogP contribution in [0.25, 0.3) is 0 Å². The number of hydrogen-bond donors (Lipinski definition) is 1. The van der Waals surface area contributed by atoms with Gasteiger partial charge in [-0.05, 0) is 6.26 Å². The van der Waals surface area contributed by atoms with Crippen molar-refractivity contribution in [2.45, 2.75) is 0 Å². The molecule has 1 heterocycles. The summed E-state index contributed by atoms with van der Waals surface area (Å²) in [6.07, 6.45) is 5.11. The summed E-state index contributed by atoms with van der Waals surface area (Å²) in [6, 6.07) is 0. The maximum Gasteiger partial charge on any atom is 0.153 e. The van der Waals surface area contributed by atoms with Crippen LogP contribution in [0.5, 0.6) is 0 Å². The van der Waals surface area contributed by atoms with Crippen molar-refractivity contribution in [2.24, 2.45) is 12.1 Å². The topological polar surface area (TPSA) is 42.2 Å². The van der Waals surface area contributed by atoms with Crippen molar-refractivity contribution in [3.05, 3.63) is 16.9 Å². The Kier molecular flexibility index (Phi) is 4.37. The molecule has 0 aliphatic heterocycles. The van der Waals surface area contributed by atoms with Gasteiger partial charge in [0.05, 0.1) is 11.2 Å². The van der Waals surface area contributed by atoms with Crippen LogP contribution < -0.4 is 5.43 Å². The van der Waals surface area contributed by atoms with Gasteiger partial charge in [0, 0.05) is 13.2 Å². The van der Waals surface area contributed by atoms with Gasteiger partial charge in [0.25, 0.3) is 0 Å². The van der Waals surface area contributed by atoms with Crippen LogP contribution in [0.15, 0.2) is 11.3 Å². The first-order valence-electron chi connectivity index (χ1n) is 3.69. The summed E-state index contributed by atoms with van der Waals surface area (Å²) in [6.45, 7) is 0. The molecule has 4 nitrogen and oxygen atoms in total. The summed E-state index contributed by atoms with van der Waals surface area (Å²) in [5.74, 6) is 0. The number of thioether (sulfide) groups is 1. The first-order valence-corrected chi connectivity index (χ1v) is 5.70. The molecule has 0 aromatic carbocycles. The molecule has 0 radical (unpaired) electrons. The van der Waals surface area contributed by atoms with Gasteiger partial charge in [-0.1, -0.05) is 35.6 Å². The van der Waals surface area contributed by atoms with Crippen molar-refractivity contribution in [3.63, 3.8) is 0 Å². The van der Waals surface area contributed by atoms with Crippen molar-refractivity contribution in [2.75, 3.05) is 6.26 Å². The number of aromatic nitrogens is 2. The predicted molar refractivity (Wildman–Crippen MR) is 65.1 cm³/mol. The maximum absolute atomic E-state index is 5.85. The highest BCUT2D eigenvalue weighted by Crippen LogP contribution is 2.10. The lowest BCUT2D eigenvalue weighted by atomic mass is 10.5. The molecule has 0 aliphatic rings. The first kappa shape index (κ1) is 11.5. The number of nitrogens with zero attached hydrogens (tertiary/aromatic N) is 3. The van der Waals surface area contributed by atoms with Gasteiger partial charge in [0.2, 0.25) is 0 Å². The number of aryl methyl sites for hydroxylation is 1. The standard InChI is InChI=1S/C7H9ClN4S2/c1-12-4-5(8)6(11-12)3-9-10-7(13)14-2/h3-4H,1-2H3,(H,10,13)/b9-3+. The summed E-state index contributed by atoms with van der Waals surface area (Å²) in [4.78, 5) is 0. The molecular formula is C7H9ClN4S2. The van der Waals surface area contributed by atoms with E-state index in [1.54, 1.807) is 17.9 Å². The van der Waals surface area contributed by atoms with Crippen LogP contribution in [0.4, 0.5) is 0 Å². The van der Waals surface area contributed by atoms with Gasteiger partial charge in [-0.2, -0.15) is 10.2 Å². The Balaban J connectivity index is 2.60. The molecule has 7 heteroatoms. The minimum absolute atomic E-state index is 0.563. The van der Waals surface area contributed by atoms with Gasteiger partial charge >= 0.3 is 0 Å². The Morgan fingerprint density at radius 1 is 1.86 bits per heavy atom. The van der Waals surface area contributed by atoms with E-state index in [0.717, 1.165) is 0 Å². The number of nitrogens with one attached hydrogen (secondary N) is 1. The number of thiocarbonyl (C=S) groups is 1. The summed E-state index contributed by atoms with van der Waals surface area (Å²) in [5, 5.41) is 8.53. The lowest BCUT2D eigenvalue weighted by molar-refractivity contribution is 0.765. The van der Waals surface area contributed by atoms with Crippen LogP contribution in [0.1, 0.15) is 5.69 Å². The molecule has 1 rings (SSSR count). The highest BCUT2D eigenvalue weighted by atomic mass is 35.5. The Hall–Kier alpha value is -0.590. The minimum atomic E-state index is 0.563. The van der Waals surface area contributed by atoms with E-state index in [4.69, 9.17) is 23.8 Å². The van der Waals surface area contributed by atoms with E-state index in [1.165, 1.54) is 18.0 Å². The van der Waals surface area contributed by atoms with Gasteiger partial charge in [-0.3, -0.25) is 10.1 Å². The third kappa shape index (κ3) is 3.28. The van der Waals surface area contributed by atoms with Crippen molar-refractivity contribution in [3.8, 4) is 0 Å². The molecule has 0 spiro atoms. The molecule has 0 aliphatic carbocycles. The third-order valence-electron chi connectivity index (χ3n) is 1.34. The van der Waals surface area contributed by atoms with E-state index < -0.39 is 0 Å². The Morgan fingerprint density at radius 3 is 3.07 bits per heavy atom. The molecule has 1 N–H and O–H groups in total. The van der Waals surface area contributed by atoms with Crippen LogP contribution in [-0.2, 0) is 7.05 Å². The molecule has 0 atom stereocenters. The average molecular weight is 249 g/mol.